The van der Waals surface area contributed by atoms with Crippen molar-refractivity contribution in [2.75, 3.05) is 32.3 Å². The van der Waals surface area contributed by atoms with Gasteiger partial charge in [0.25, 0.3) is 0 Å². The lowest BCUT2D eigenvalue weighted by Crippen LogP contribution is -2.23. The predicted molar refractivity (Wildman–Crippen MR) is 142 cm³/mol. The highest BCUT2D eigenvalue weighted by molar-refractivity contribution is 6.39. The first-order valence-corrected chi connectivity index (χ1v) is 12.0. The first kappa shape index (κ1) is 27.3. The zero-order chi connectivity index (χ0) is 25.9. The van der Waals surface area contributed by atoms with Crippen molar-refractivity contribution in [3.8, 4) is 0 Å². The molecule has 0 saturated heterocycles. The molecular weight excluding hydrogens is 501 g/mol. The van der Waals surface area contributed by atoms with E-state index in [4.69, 9.17) is 32.7 Å². The average Bonchev–Trinajstić information content (AvgIpc) is 2.89. The molecule has 0 N–H and O–H groups in total. The number of nitrogens with zero attached hydrogens (tertiary/aromatic N) is 3. The minimum Gasteiger partial charge on any atom is -0.469 e. The van der Waals surface area contributed by atoms with Crippen LogP contribution in [0, 0.1) is 5.92 Å². The summed E-state index contributed by atoms with van der Waals surface area (Å²) >= 11 is 12.3. The van der Waals surface area contributed by atoms with E-state index in [1.807, 2.05) is 41.3 Å². The van der Waals surface area contributed by atoms with Gasteiger partial charge in [-0.3, -0.25) is 9.59 Å². The van der Waals surface area contributed by atoms with Crippen molar-refractivity contribution in [2.24, 2.45) is 5.92 Å². The quantitative estimate of drug-likeness (QED) is 0.210. The number of anilines is 2. The minimum absolute atomic E-state index is 0.0645. The smallest absolute Gasteiger partial charge is 0.309 e. The highest BCUT2D eigenvalue weighted by Crippen LogP contribution is 2.28. The number of methoxy groups -OCH3 is 2. The molecule has 2 aromatic carbocycles. The van der Waals surface area contributed by atoms with Crippen molar-refractivity contribution in [2.45, 2.75) is 12.8 Å². The molecule has 0 bridgehead atoms. The molecule has 188 valence electrons. The molecule has 0 aliphatic carbocycles. The highest BCUT2D eigenvalue weighted by atomic mass is 35.5. The van der Waals surface area contributed by atoms with Crippen LogP contribution in [0.4, 0.5) is 11.6 Å². The monoisotopic (exact) mass is 527 g/mol. The van der Waals surface area contributed by atoms with Gasteiger partial charge in [0, 0.05) is 38.2 Å². The molecule has 0 aliphatic rings. The number of halogens is 2. The fourth-order valence-electron chi connectivity index (χ4n) is 3.61. The molecule has 0 saturated carbocycles. The Labute approximate surface area is 220 Å². The zero-order valence-electron chi connectivity index (χ0n) is 20.1. The third-order valence-corrected chi connectivity index (χ3v) is 6.09. The number of ketones is 1. The van der Waals surface area contributed by atoms with Crippen LogP contribution in [-0.4, -0.2) is 49.1 Å². The Kier molecular flexibility index (Phi) is 10.4. The fraction of sp³-hybridized carbons (Fsp3) is 0.259. The van der Waals surface area contributed by atoms with Gasteiger partial charge in [-0.15, -0.1) is 0 Å². The van der Waals surface area contributed by atoms with Crippen LogP contribution in [0.3, 0.4) is 0 Å². The second kappa shape index (κ2) is 13.7. The van der Waals surface area contributed by atoms with Crippen molar-refractivity contribution in [1.29, 1.82) is 0 Å². The minimum atomic E-state index is -0.662. The molecule has 7 nitrogen and oxygen atoms in total. The van der Waals surface area contributed by atoms with E-state index in [0.29, 0.717) is 25.5 Å². The molecule has 1 atom stereocenters. The van der Waals surface area contributed by atoms with Gasteiger partial charge in [0.1, 0.15) is 0 Å². The Bertz CT molecular complexity index is 1170. The summed E-state index contributed by atoms with van der Waals surface area (Å²) in [6.07, 6.45) is 7.39. The lowest BCUT2D eigenvalue weighted by Gasteiger charge is -2.22. The molecule has 0 aliphatic heterocycles. The predicted octanol–water partition coefficient (Wildman–Crippen LogP) is 6.03. The summed E-state index contributed by atoms with van der Waals surface area (Å²) in [5.41, 5.74) is 2.07. The number of allylic oxidation sites excluding steroid dienone is 1. The van der Waals surface area contributed by atoms with Gasteiger partial charge in [-0.25, -0.2) is 9.97 Å². The Hall–Kier alpha value is -3.26. The van der Waals surface area contributed by atoms with Gasteiger partial charge in [0.2, 0.25) is 5.95 Å². The molecule has 0 amide bonds. The zero-order valence-corrected chi connectivity index (χ0v) is 21.6. The second-order valence-corrected chi connectivity index (χ2v) is 8.68. The van der Waals surface area contributed by atoms with Crippen LogP contribution in [0.2, 0.25) is 10.0 Å². The van der Waals surface area contributed by atoms with Gasteiger partial charge in [0.05, 0.1) is 35.2 Å². The topological polar surface area (TPSA) is 81.6 Å². The number of Topliss-reactive ketones (excluding diaryl/α,β-unsaturated/α-hetero) is 1. The van der Waals surface area contributed by atoms with Crippen molar-refractivity contribution in [3.63, 3.8) is 0 Å². The standard InChI is InChI=1S/C27H27Cl2N3O4/c1-35-17-16-32(27-30-14-5-15-31-27)21-12-10-19(11-13-21)6-3-7-20(26(34)36-2)18-24(33)25-22(28)8-4-9-23(25)29/h3-6,8-15,20H,7,16-18H2,1-2H3/b6-3+. The van der Waals surface area contributed by atoms with E-state index in [1.54, 1.807) is 43.8 Å². The van der Waals surface area contributed by atoms with Crippen LogP contribution in [0.15, 0.2) is 67.0 Å². The lowest BCUT2D eigenvalue weighted by molar-refractivity contribution is -0.145. The van der Waals surface area contributed by atoms with E-state index < -0.39 is 11.9 Å². The highest BCUT2D eigenvalue weighted by Gasteiger charge is 2.24. The number of carbonyl (C=O) groups is 2. The van der Waals surface area contributed by atoms with Gasteiger partial charge in [-0.1, -0.05) is 53.6 Å². The van der Waals surface area contributed by atoms with Crippen molar-refractivity contribution < 1.29 is 19.1 Å². The number of esters is 1. The summed E-state index contributed by atoms with van der Waals surface area (Å²) in [4.78, 5) is 35.8. The fourth-order valence-corrected chi connectivity index (χ4v) is 4.22. The first-order chi connectivity index (χ1) is 17.4. The van der Waals surface area contributed by atoms with E-state index in [1.165, 1.54) is 7.11 Å². The van der Waals surface area contributed by atoms with E-state index >= 15 is 0 Å². The van der Waals surface area contributed by atoms with Crippen LogP contribution < -0.4 is 4.90 Å². The summed E-state index contributed by atoms with van der Waals surface area (Å²) in [5, 5.41) is 0.513. The van der Waals surface area contributed by atoms with E-state index in [-0.39, 0.29) is 27.8 Å². The SMILES string of the molecule is COCCN(c1ccc(/C=C/CC(CC(=O)c2c(Cl)cccc2Cl)C(=O)OC)cc1)c1ncccn1. The van der Waals surface area contributed by atoms with Gasteiger partial charge < -0.3 is 14.4 Å². The summed E-state index contributed by atoms with van der Waals surface area (Å²) < 4.78 is 10.1. The number of hydrogen-bond acceptors (Lipinski definition) is 7. The number of ether oxygens (including phenoxy) is 2. The number of aromatic nitrogens is 2. The molecular formula is C27H27Cl2N3O4. The molecule has 0 spiro atoms. The normalized spacial score (nSPS) is 11.9. The van der Waals surface area contributed by atoms with Crippen LogP contribution in [0.25, 0.3) is 6.08 Å². The maximum atomic E-state index is 12.8. The van der Waals surface area contributed by atoms with E-state index in [9.17, 15) is 9.59 Å². The molecule has 3 aromatic rings. The number of hydrogen-bond donors (Lipinski definition) is 0. The van der Waals surface area contributed by atoms with Crippen molar-refractivity contribution in [3.05, 3.63) is 88.2 Å². The molecule has 36 heavy (non-hydrogen) atoms. The first-order valence-electron chi connectivity index (χ1n) is 11.3. The number of rotatable bonds is 12. The third-order valence-electron chi connectivity index (χ3n) is 5.46. The summed E-state index contributed by atoms with van der Waals surface area (Å²) in [6.45, 7) is 1.12. The lowest BCUT2D eigenvalue weighted by atomic mass is 9.95. The van der Waals surface area contributed by atoms with Gasteiger partial charge >= 0.3 is 5.97 Å². The van der Waals surface area contributed by atoms with Gasteiger partial charge in [-0.2, -0.15) is 0 Å². The summed E-state index contributed by atoms with van der Waals surface area (Å²) in [5.74, 6) is -0.853. The summed E-state index contributed by atoms with van der Waals surface area (Å²) in [6, 6.07) is 14.5. The molecule has 3 rings (SSSR count). The van der Waals surface area contributed by atoms with Gasteiger partial charge in [-0.05, 0) is 42.3 Å². The van der Waals surface area contributed by atoms with Crippen LogP contribution >= 0.6 is 23.2 Å². The second-order valence-electron chi connectivity index (χ2n) is 7.87. The molecule has 1 heterocycles. The summed E-state index contributed by atoms with van der Waals surface area (Å²) in [7, 11) is 2.95. The Morgan fingerprint density at radius 2 is 1.67 bits per heavy atom. The largest absolute Gasteiger partial charge is 0.469 e. The number of carbonyl (C=O) groups excluding carboxylic acids is 2. The van der Waals surface area contributed by atoms with Crippen molar-refractivity contribution in [1.82, 2.24) is 9.97 Å². The maximum Gasteiger partial charge on any atom is 0.309 e. The van der Waals surface area contributed by atoms with Gasteiger partial charge in [0.15, 0.2) is 5.78 Å². The molecule has 0 radical (unpaired) electrons. The Morgan fingerprint density at radius 3 is 2.28 bits per heavy atom. The van der Waals surface area contributed by atoms with Crippen LogP contribution in [0.1, 0.15) is 28.8 Å². The van der Waals surface area contributed by atoms with E-state index in [0.717, 1.165) is 11.3 Å². The average molecular weight is 528 g/mol. The maximum absolute atomic E-state index is 12.8. The van der Waals surface area contributed by atoms with Crippen LogP contribution in [0.5, 0.6) is 0 Å². The third kappa shape index (κ3) is 7.37. The van der Waals surface area contributed by atoms with Crippen LogP contribution in [-0.2, 0) is 14.3 Å². The Morgan fingerprint density at radius 1 is 1.00 bits per heavy atom. The molecule has 1 unspecified atom stereocenters. The molecule has 9 heteroatoms. The van der Waals surface area contributed by atoms with Crippen molar-refractivity contribution >= 4 is 52.7 Å². The number of benzene rings is 2. The molecule has 0 fully saturated rings. The molecule has 1 aromatic heterocycles. The Balaban J connectivity index is 1.69. The van der Waals surface area contributed by atoms with E-state index in [2.05, 4.69) is 9.97 Å².